The maximum atomic E-state index is 5.20. The van der Waals surface area contributed by atoms with Crippen LogP contribution in [0.25, 0.3) is 117 Å². The van der Waals surface area contributed by atoms with Crippen LogP contribution in [0.3, 0.4) is 0 Å². The number of hydrogen-bond acceptors (Lipinski definition) is 3. The number of hydrogen-bond donors (Lipinski definition) is 0. The number of rotatable bonds is 7. The van der Waals surface area contributed by atoms with E-state index < -0.39 is 0 Å². The molecule has 2 heterocycles. The molecule has 2 aromatic heterocycles. The molecule has 4 nitrogen and oxygen atoms in total. The summed E-state index contributed by atoms with van der Waals surface area (Å²) in [5, 5.41) is 7.32. The van der Waals surface area contributed by atoms with E-state index in [-0.39, 0.29) is 0 Å². The zero-order chi connectivity index (χ0) is 41.7. The van der Waals surface area contributed by atoms with E-state index in [1.165, 1.54) is 43.4 Å². The summed E-state index contributed by atoms with van der Waals surface area (Å²) in [6.07, 6.45) is 0. The number of nitrogens with zero attached hydrogens (tertiary/aromatic N) is 4. The summed E-state index contributed by atoms with van der Waals surface area (Å²) in [5.74, 6) is 1.88. The summed E-state index contributed by atoms with van der Waals surface area (Å²) in [6.45, 7) is 0. The fraction of sp³-hybridized carbons (Fsp3) is 0. The van der Waals surface area contributed by atoms with Crippen molar-refractivity contribution in [1.82, 2.24) is 19.5 Å². The van der Waals surface area contributed by atoms with E-state index in [4.69, 9.17) is 15.0 Å². The van der Waals surface area contributed by atoms with Gasteiger partial charge in [-0.3, -0.25) is 0 Å². The molecule has 0 aliphatic rings. The molecule has 12 aromatic rings. The molecule has 0 aliphatic heterocycles. The summed E-state index contributed by atoms with van der Waals surface area (Å²) in [6, 6.07) is 81.9. The lowest BCUT2D eigenvalue weighted by molar-refractivity contribution is 1.07. The lowest BCUT2D eigenvalue weighted by Gasteiger charge is -2.13. The zero-order valence-electron chi connectivity index (χ0n) is 34.2. The maximum absolute atomic E-state index is 5.20. The molecule has 0 unspecified atom stereocenters. The topological polar surface area (TPSA) is 43.6 Å². The average Bonchev–Trinajstić information content (AvgIpc) is 3.70. The second-order valence-corrected chi connectivity index (χ2v) is 16.0. The summed E-state index contributed by atoms with van der Waals surface area (Å²) < 4.78 is 2.43. The van der Waals surface area contributed by atoms with E-state index in [2.05, 4.69) is 211 Å². The van der Waals surface area contributed by atoms with Crippen LogP contribution in [-0.2, 0) is 0 Å². The van der Waals surface area contributed by atoms with Crippen LogP contribution in [0.2, 0.25) is 0 Å². The predicted octanol–water partition coefficient (Wildman–Crippen LogP) is 15.3. The Hall–Kier alpha value is -8.47. The van der Waals surface area contributed by atoms with Crippen molar-refractivity contribution in [3.8, 4) is 73.2 Å². The van der Waals surface area contributed by atoms with Gasteiger partial charge in [0.25, 0.3) is 0 Å². The number of para-hydroxylation sites is 1. The lowest BCUT2D eigenvalue weighted by atomic mass is 9.91. The van der Waals surface area contributed by atoms with Crippen molar-refractivity contribution in [2.24, 2.45) is 0 Å². The molecule has 63 heavy (non-hydrogen) atoms. The molecule has 0 radical (unpaired) electrons. The third-order valence-electron chi connectivity index (χ3n) is 12.2. The number of benzene rings is 10. The minimum atomic E-state index is 0.620. The average molecular weight is 803 g/mol. The van der Waals surface area contributed by atoms with Gasteiger partial charge in [-0.1, -0.05) is 182 Å². The standard InChI is InChI=1S/C59H38N4/c1-5-18-39(19-6-1)42-25-15-27-45(34-42)58-60-57(41-22-9-3-10-23-41)61-59(62-58)46-28-16-26-43(35-46)49-32-17-33-54-56(49)53-37-51-50(40-20-7-2-8-21-40)36-44-24-13-14-31-48(44)52(51)38-55(53)63(54)47-29-11-4-12-30-47/h1-38H. The van der Waals surface area contributed by atoms with Crippen LogP contribution < -0.4 is 0 Å². The SMILES string of the molecule is c1ccc(-c2cccc(-c3nc(-c4ccccc4)nc(-c4cccc(-c5cccc6c5c5cc7c(-c8ccccc8)cc8ccccc8c7cc5n6-c5ccccc5)c4)n3)c2)cc1. The minimum Gasteiger partial charge on any atom is -0.309 e. The Morgan fingerprint density at radius 2 is 0.794 bits per heavy atom. The molecule has 0 aliphatic carbocycles. The smallest absolute Gasteiger partial charge is 0.164 e. The summed E-state index contributed by atoms with van der Waals surface area (Å²) >= 11 is 0. The molecule has 294 valence electrons. The van der Waals surface area contributed by atoms with Gasteiger partial charge in [-0.15, -0.1) is 0 Å². The lowest BCUT2D eigenvalue weighted by Crippen LogP contribution is -2.00. The zero-order valence-corrected chi connectivity index (χ0v) is 34.2. The first kappa shape index (κ1) is 36.4. The van der Waals surface area contributed by atoms with Crippen LogP contribution >= 0.6 is 0 Å². The number of aromatic nitrogens is 4. The second-order valence-electron chi connectivity index (χ2n) is 16.0. The summed E-state index contributed by atoms with van der Waals surface area (Å²) in [4.78, 5) is 15.4. The summed E-state index contributed by atoms with van der Waals surface area (Å²) in [7, 11) is 0. The van der Waals surface area contributed by atoms with E-state index in [0.717, 1.165) is 55.7 Å². The fourth-order valence-electron chi connectivity index (χ4n) is 9.26. The van der Waals surface area contributed by atoms with Gasteiger partial charge in [-0.05, 0) is 103 Å². The fourth-order valence-corrected chi connectivity index (χ4v) is 9.26. The first-order chi connectivity index (χ1) is 31.2. The number of fused-ring (bicyclic) bond motifs is 6. The molecule has 0 saturated heterocycles. The normalized spacial score (nSPS) is 11.5. The molecule has 0 atom stereocenters. The molecular formula is C59H38N4. The van der Waals surface area contributed by atoms with Gasteiger partial charge < -0.3 is 4.57 Å². The van der Waals surface area contributed by atoms with E-state index in [9.17, 15) is 0 Å². The molecule has 4 heteroatoms. The molecule has 0 fully saturated rings. The van der Waals surface area contributed by atoms with Crippen molar-refractivity contribution in [3.05, 3.63) is 231 Å². The van der Waals surface area contributed by atoms with Gasteiger partial charge in [0.15, 0.2) is 17.5 Å². The van der Waals surface area contributed by atoms with Crippen molar-refractivity contribution < 1.29 is 0 Å². The Bertz CT molecular complexity index is 3650. The van der Waals surface area contributed by atoms with Gasteiger partial charge in [-0.25, -0.2) is 15.0 Å². The van der Waals surface area contributed by atoms with Crippen LogP contribution in [-0.4, -0.2) is 19.5 Å². The van der Waals surface area contributed by atoms with Gasteiger partial charge in [0.2, 0.25) is 0 Å². The van der Waals surface area contributed by atoms with Crippen LogP contribution in [0.5, 0.6) is 0 Å². The van der Waals surface area contributed by atoms with Crippen LogP contribution in [0.15, 0.2) is 231 Å². The molecule has 10 aromatic carbocycles. The first-order valence-electron chi connectivity index (χ1n) is 21.4. The van der Waals surface area contributed by atoms with Crippen molar-refractivity contribution >= 4 is 43.4 Å². The Kier molecular flexibility index (Phi) is 8.79. The van der Waals surface area contributed by atoms with E-state index >= 15 is 0 Å². The maximum Gasteiger partial charge on any atom is 0.164 e. The highest BCUT2D eigenvalue weighted by molar-refractivity contribution is 6.23. The highest BCUT2D eigenvalue weighted by Gasteiger charge is 2.20. The Morgan fingerprint density at radius 1 is 0.270 bits per heavy atom. The van der Waals surface area contributed by atoms with Crippen molar-refractivity contribution in [1.29, 1.82) is 0 Å². The molecule has 0 bridgehead atoms. The first-order valence-corrected chi connectivity index (χ1v) is 21.4. The molecule has 0 spiro atoms. The highest BCUT2D eigenvalue weighted by atomic mass is 15.0. The van der Waals surface area contributed by atoms with E-state index in [0.29, 0.717) is 17.5 Å². The van der Waals surface area contributed by atoms with E-state index in [1.54, 1.807) is 0 Å². The van der Waals surface area contributed by atoms with Crippen molar-refractivity contribution in [2.45, 2.75) is 0 Å². The highest BCUT2D eigenvalue weighted by Crippen LogP contribution is 2.44. The van der Waals surface area contributed by atoms with Gasteiger partial charge in [0, 0.05) is 33.2 Å². The largest absolute Gasteiger partial charge is 0.309 e. The Balaban J connectivity index is 1.09. The summed E-state index contributed by atoms with van der Waals surface area (Å²) in [5.41, 5.74) is 13.1. The molecule has 0 amide bonds. The quantitative estimate of drug-likeness (QED) is 0.151. The van der Waals surface area contributed by atoms with Crippen molar-refractivity contribution in [3.63, 3.8) is 0 Å². The monoisotopic (exact) mass is 802 g/mol. The molecular weight excluding hydrogens is 765 g/mol. The third-order valence-corrected chi connectivity index (χ3v) is 12.2. The molecule has 0 N–H and O–H groups in total. The van der Waals surface area contributed by atoms with Crippen molar-refractivity contribution in [2.75, 3.05) is 0 Å². The third kappa shape index (κ3) is 6.44. The Labute approximate surface area is 365 Å². The van der Waals surface area contributed by atoms with E-state index in [1.807, 2.05) is 24.3 Å². The van der Waals surface area contributed by atoms with Gasteiger partial charge in [0.05, 0.1) is 11.0 Å². The van der Waals surface area contributed by atoms with Crippen LogP contribution in [0, 0.1) is 0 Å². The Morgan fingerprint density at radius 3 is 1.49 bits per heavy atom. The predicted molar refractivity (Wildman–Crippen MR) is 262 cm³/mol. The van der Waals surface area contributed by atoms with Gasteiger partial charge in [0.1, 0.15) is 0 Å². The van der Waals surface area contributed by atoms with Gasteiger partial charge in [-0.2, -0.15) is 0 Å². The molecule has 12 rings (SSSR count). The second kappa shape index (κ2) is 15.2. The van der Waals surface area contributed by atoms with Crippen LogP contribution in [0.1, 0.15) is 0 Å². The minimum absolute atomic E-state index is 0.620. The van der Waals surface area contributed by atoms with Crippen LogP contribution in [0.4, 0.5) is 0 Å². The van der Waals surface area contributed by atoms with Gasteiger partial charge >= 0.3 is 0 Å². The molecule has 0 saturated carbocycles.